The SMILES string of the molecule is C#CCC(=O)c1ccc2c(c1)COC2. The number of Topliss-reactive ketones (excluding diaryl/α,β-unsaturated/α-hetero) is 1. The molecule has 0 N–H and O–H groups in total. The minimum atomic E-state index is 0.00204. The first-order valence-electron chi connectivity index (χ1n) is 4.47. The van der Waals surface area contributed by atoms with Gasteiger partial charge in [-0.1, -0.05) is 18.1 Å². The van der Waals surface area contributed by atoms with Crippen LogP contribution in [0, 0.1) is 12.3 Å². The summed E-state index contributed by atoms with van der Waals surface area (Å²) in [5.74, 6) is 2.35. The van der Waals surface area contributed by atoms with E-state index in [1.165, 1.54) is 5.56 Å². The Kier molecular flexibility index (Phi) is 2.34. The van der Waals surface area contributed by atoms with Gasteiger partial charge in [0.15, 0.2) is 5.78 Å². The molecule has 70 valence electrons. The summed E-state index contributed by atoms with van der Waals surface area (Å²) in [6, 6.07) is 5.63. The minimum Gasteiger partial charge on any atom is -0.372 e. The van der Waals surface area contributed by atoms with Crippen LogP contribution in [0.3, 0.4) is 0 Å². The smallest absolute Gasteiger partial charge is 0.174 e. The lowest BCUT2D eigenvalue weighted by atomic mass is 10.0. The van der Waals surface area contributed by atoms with Gasteiger partial charge in [0.1, 0.15) is 0 Å². The first-order chi connectivity index (χ1) is 6.81. The van der Waals surface area contributed by atoms with Crippen molar-refractivity contribution in [2.45, 2.75) is 19.6 Å². The van der Waals surface area contributed by atoms with E-state index < -0.39 is 0 Å². The number of benzene rings is 1. The van der Waals surface area contributed by atoms with Crippen LogP contribution in [0.15, 0.2) is 18.2 Å². The second kappa shape index (κ2) is 3.65. The topological polar surface area (TPSA) is 26.3 Å². The van der Waals surface area contributed by atoms with Gasteiger partial charge in [-0.25, -0.2) is 0 Å². The molecule has 0 radical (unpaired) electrons. The van der Waals surface area contributed by atoms with Gasteiger partial charge in [0.2, 0.25) is 0 Å². The van der Waals surface area contributed by atoms with Crippen LogP contribution < -0.4 is 0 Å². The van der Waals surface area contributed by atoms with Crippen LogP contribution in [0.2, 0.25) is 0 Å². The maximum atomic E-state index is 11.5. The molecule has 2 heteroatoms. The Morgan fingerprint density at radius 3 is 3.00 bits per heavy atom. The Bertz CT molecular complexity index is 413. The lowest BCUT2D eigenvalue weighted by Gasteiger charge is -2.00. The molecular weight excluding hydrogens is 176 g/mol. The number of fused-ring (bicyclic) bond motifs is 1. The number of carbonyl (C=O) groups excluding carboxylic acids is 1. The summed E-state index contributed by atoms with van der Waals surface area (Å²) >= 11 is 0. The zero-order valence-electron chi connectivity index (χ0n) is 7.75. The quantitative estimate of drug-likeness (QED) is 0.521. The van der Waals surface area contributed by atoms with Gasteiger partial charge >= 0.3 is 0 Å². The highest BCUT2D eigenvalue weighted by atomic mass is 16.5. The molecule has 0 spiro atoms. The fourth-order valence-corrected chi connectivity index (χ4v) is 1.54. The molecule has 2 nitrogen and oxygen atoms in total. The highest BCUT2D eigenvalue weighted by Crippen LogP contribution is 2.21. The average molecular weight is 186 g/mol. The molecule has 0 fully saturated rings. The normalized spacial score (nSPS) is 13.4. The molecule has 0 aromatic heterocycles. The minimum absolute atomic E-state index is 0.00204. The molecule has 1 aliphatic rings. The largest absolute Gasteiger partial charge is 0.372 e. The zero-order valence-corrected chi connectivity index (χ0v) is 7.75. The van der Waals surface area contributed by atoms with Crippen molar-refractivity contribution >= 4 is 5.78 Å². The molecule has 0 amide bonds. The van der Waals surface area contributed by atoms with E-state index >= 15 is 0 Å². The number of carbonyl (C=O) groups is 1. The molecule has 0 saturated heterocycles. The maximum absolute atomic E-state index is 11.5. The first-order valence-corrected chi connectivity index (χ1v) is 4.47. The fraction of sp³-hybridized carbons (Fsp3) is 0.250. The van der Waals surface area contributed by atoms with Crippen molar-refractivity contribution in [3.8, 4) is 12.3 Å². The van der Waals surface area contributed by atoms with E-state index in [0.717, 1.165) is 5.56 Å². The van der Waals surface area contributed by atoms with Gasteiger partial charge < -0.3 is 4.74 Å². The summed E-state index contributed by atoms with van der Waals surface area (Å²) in [4.78, 5) is 11.5. The molecule has 1 aromatic rings. The Labute approximate surface area is 82.9 Å². The summed E-state index contributed by atoms with van der Waals surface area (Å²) in [7, 11) is 0. The second-order valence-electron chi connectivity index (χ2n) is 3.28. The predicted molar refractivity (Wildman–Crippen MR) is 52.7 cm³/mol. The molecule has 0 saturated carbocycles. The summed E-state index contributed by atoms with van der Waals surface area (Å²) in [6.45, 7) is 1.26. The molecular formula is C12H10O2. The van der Waals surface area contributed by atoms with E-state index in [9.17, 15) is 4.79 Å². The van der Waals surface area contributed by atoms with Crippen molar-refractivity contribution in [1.29, 1.82) is 0 Å². The van der Waals surface area contributed by atoms with Crippen LogP contribution in [-0.4, -0.2) is 5.78 Å². The van der Waals surface area contributed by atoms with Crippen LogP contribution in [0.4, 0.5) is 0 Å². The first kappa shape index (κ1) is 8.98. The number of hydrogen-bond donors (Lipinski definition) is 0. The maximum Gasteiger partial charge on any atom is 0.174 e. The molecule has 1 aliphatic heterocycles. The van der Waals surface area contributed by atoms with E-state index in [4.69, 9.17) is 11.2 Å². The molecule has 2 rings (SSSR count). The third-order valence-corrected chi connectivity index (χ3v) is 2.31. The molecule has 0 bridgehead atoms. The number of rotatable bonds is 2. The predicted octanol–water partition coefficient (Wildman–Crippen LogP) is 1.92. The standard InChI is InChI=1S/C12H10O2/c1-2-3-12(13)9-4-5-10-7-14-8-11(10)6-9/h1,4-6H,3,7-8H2. The van der Waals surface area contributed by atoms with E-state index in [0.29, 0.717) is 18.8 Å². The van der Waals surface area contributed by atoms with E-state index in [1.807, 2.05) is 18.2 Å². The molecule has 0 unspecified atom stereocenters. The van der Waals surface area contributed by atoms with Gasteiger partial charge in [-0.15, -0.1) is 6.42 Å². The van der Waals surface area contributed by atoms with Crippen molar-refractivity contribution in [3.63, 3.8) is 0 Å². The van der Waals surface area contributed by atoms with Gasteiger partial charge in [-0.3, -0.25) is 4.79 Å². The van der Waals surface area contributed by atoms with Gasteiger partial charge in [0, 0.05) is 5.56 Å². The van der Waals surface area contributed by atoms with Gasteiger partial charge in [0.05, 0.1) is 19.6 Å². The van der Waals surface area contributed by atoms with Crippen molar-refractivity contribution in [1.82, 2.24) is 0 Å². The highest BCUT2D eigenvalue weighted by Gasteiger charge is 2.13. The lowest BCUT2D eigenvalue weighted by molar-refractivity contribution is 0.0998. The number of ether oxygens (including phenoxy) is 1. The van der Waals surface area contributed by atoms with Crippen LogP contribution in [0.1, 0.15) is 27.9 Å². The number of terminal acetylenes is 1. The van der Waals surface area contributed by atoms with Crippen molar-refractivity contribution in [2.24, 2.45) is 0 Å². The van der Waals surface area contributed by atoms with Gasteiger partial charge in [-0.05, 0) is 17.2 Å². The lowest BCUT2D eigenvalue weighted by Crippen LogP contribution is -1.98. The third-order valence-electron chi connectivity index (χ3n) is 2.31. The van der Waals surface area contributed by atoms with Crippen LogP contribution in [-0.2, 0) is 18.0 Å². The summed E-state index contributed by atoms with van der Waals surface area (Å²) < 4.78 is 5.26. The van der Waals surface area contributed by atoms with Crippen molar-refractivity contribution in [3.05, 3.63) is 34.9 Å². The summed E-state index contributed by atoms with van der Waals surface area (Å²) in [5, 5.41) is 0. The van der Waals surface area contributed by atoms with E-state index in [2.05, 4.69) is 5.92 Å². The monoisotopic (exact) mass is 186 g/mol. The summed E-state index contributed by atoms with van der Waals surface area (Å²) in [6.07, 6.45) is 5.25. The average Bonchev–Trinajstić information content (AvgIpc) is 2.64. The number of hydrogen-bond acceptors (Lipinski definition) is 2. The highest BCUT2D eigenvalue weighted by molar-refractivity contribution is 5.97. The van der Waals surface area contributed by atoms with E-state index in [1.54, 1.807) is 0 Å². The zero-order chi connectivity index (χ0) is 9.97. The Hall–Kier alpha value is -1.59. The van der Waals surface area contributed by atoms with Gasteiger partial charge in [0.25, 0.3) is 0 Å². The second-order valence-corrected chi connectivity index (χ2v) is 3.28. The van der Waals surface area contributed by atoms with Crippen molar-refractivity contribution < 1.29 is 9.53 Å². The fourth-order valence-electron chi connectivity index (χ4n) is 1.54. The van der Waals surface area contributed by atoms with Crippen LogP contribution in [0.5, 0.6) is 0 Å². The molecule has 14 heavy (non-hydrogen) atoms. The van der Waals surface area contributed by atoms with Crippen molar-refractivity contribution in [2.75, 3.05) is 0 Å². The molecule has 1 aromatic carbocycles. The molecule has 0 atom stereocenters. The molecule has 1 heterocycles. The summed E-state index contributed by atoms with van der Waals surface area (Å²) in [5.41, 5.74) is 2.96. The van der Waals surface area contributed by atoms with E-state index in [-0.39, 0.29) is 12.2 Å². The third kappa shape index (κ3) is 1.55. The number of ketones is 1. The molecule has 0 aliphatic carbocycles. The Balaban J connectivity index is 2.29. The Morgan fingerprint density at radius 2 is 2.21 bits per heavy atom. The van der Waals surface area contributed by atoms with Gasteiger partial charge in [-0.2, -0.15) is 0 Å². The van der Waals surface area contributed by atoms with Crippen LogP contribution in [0.25, 0.3) is 0 Å². The van der Waals surface area contributed by atoms with Crippen LogP contribution >= 0.6 is 0 Å². The Morgan fingerprint density at radius 1 is 1.43 bits per heavy atom.